The molecule has 0 bridgehead atoms. The molecule has 0 aliphatic rings. The Hall–Kier alpha value is -1.55. The van der Waals surface area contributed by atoms with Crippen LogP contribution in [0.3, 0.4) is 0 Å². The van der Waals surface area contributed by atoms with E-state index in [9.17, 15) is 4.79 Å². The number of hydrogen-bond donors (Lipinski definition) is 2. The number of methoxy groups -OCH3 is 1. The molecule has 0 amide bonds. The molecule has 0 fully saturated rings. The van der Waals surface area contributed by atoms with Crippen molar-refractivity contribution >= 4 is 5.97 Å². The number of nitrogens with two attached hydrogens (primary N) is 1. The van der Waals surface area contributed by atoms with Crippen LogP contribution in [-0.4, -0.2) is 24.2 Å². The number of carboxylic acid groups (broad SMARTS) is 1. The Bertz CT molecular complexity index is 325. The van der Waals surface area contributed by atoms with Crippen LogP contribution in [0, 0.1) is 0 Å². The van der Waals surface area contributed by atoms with Gasteiger partial charge in [0.25, 0.3) is 0 Å². The maximum Gasteiger partial charge on any atom is 0.320 e. The van der Waals surface area contributed by atoms with Crippen molar-refractivity contribution in [2.75, 3.05) is 7.11 Å². The van der Waals surface area contributed by atoms with Crippen molar-refractivity contribution in [2.24, 2.45) is 5.73 Å². The average molecular weight is 195 g/mol. The predicted molar refractivity (Wildman–Crippen MR) is 52.3 cm³/mol. The van der Waals surface area contributed by atoms with Crippen LogP contribution in [0.25, 0.3) is 0 Å². The minimum Gasteiger partial charge on any atom is -0.497 e. The van der Waals surface area contributed by atoms with Gasteiger partial charge in [-0.15, -0.1) is 0 Å². The lowest BCUT2D eigenvalue weighted by Gasteiger charge is -2.07. The molecule has 3 N–H and O–H groups in total. The monoisotopic (exact) mass is 195 g/mol. The van der Waals surface area contributed by atoms with Gasteiger partial charge in [0, 0.05) is 0 Å². The van der Waals surface area contributed by atoms with Crippen molar-refractivity contribution in [1.82, 2.24) is 0 Å². The molecular weight excluding hydrogens is 182 g/mol. The topological polar surface area (TPSA) is 72.5 Å². The Balaban J connectivity index is 2.71. The summed E-state index contributed by atoms with van der Waals surface area (Å²) < 4.78 is 5.01. The smallest absolute Gasteiger partial charge is 0.320 e. The van der Waals surface area contributed by atoms with E-state index in [0.29, 0.717) is 12.2 Å². The molecule has 0 heterocycles. The second-order valence-electron chi connectivity index (χ2n) is 3.00. The Labute approximate surface area is 82.3 Å². The highest BCUT2D eigenvalue weighted by molar-refractivity contribution is 5.73. The zero-order chi connectivity index (χ0) is 10.6. The predicted octanol–water partition coefficient (Wildman–Crippen LogP) is 0.650. The summed E-state index contributed by atoms with van der Waals surface area (Å²) in [6, 6.07) is 6.36. The van der Waals surface area contributed by atoms with Crippen molar-refractivity contribution in [1.29, 1.82) is 0 Å². The summed E-state index contributed by atoms with van der Waals surface area (Å²) >= 11 is 0. The van der Waals surface area contributed by atoms with E-state index in [0.717, 1.165) is 5.56 Å². The van der Waals surface area contributed by atoms with Crippen LogP contribution in [0.5, 0.6) is 5.75 Å². The van der Waals surface area contributed by atoms with Gasteiger partial charge < -0.3 is 15.6 Å². The van der Waals surface area contributed by atoms with Crippen LogP contribution >= 0.6 is 0 Å². The summed E-state index contributed by atoms with van der Waals surface area (Å²) in [5, 5.41) is 8.61. The molecule has 1 atom stereocenters. The Kier molecular flexibility index (Phi) is 3.48. The van der Waals surface area contributed by atoms with Crippen molar-refractivity contribution in [2.45, 2.75) is 12.5 Å². The molecule has 4 nitrogen and oxygen atoms in total. The van der Waals surface area contributed by atoms with Crippen LogP contribution in [0.1, 0.15) is 5.56 Å². The number of rotatable bonds is 4. The van der Waals surface area contributed by atoms with Crippen molar-refractivity contribution < 1.29 is 14.6 Å². The van der Waals surface area contributed by atoms with Crippen LogP contribution in [0.4, 0.5) is 0 Å². The third kappa shape index (κ3) is 2.74. The summed E-state index contributed by atoms with van der Waals surface area (Å²) in [7, 11) is 1.57. The van der Waals surface area contributed by atoms with Crippen molar-refractivity contribution in [3.8, 4) is 5.75 Å². The van der Waals surface area contributed by atoms with Gasteiger partial charge in [-0.05, 0) is 24.1 Å². The van der Waals surface area contributed by atoms with E-state index in [1.807, 2.05) is 12.1 Å². The average Bonchev–Trinajstić information content (AvgIpc) is 2.18. The first-order chi connectivity index (χ1) is 6.63. The molecule has 1 aromatic carbocycles. The van der Waals surface area contributed by atoms with Gasteiger partial charge in [0.05, 0.1) is 7.11 Å². The standard InChI is InChI=1S/C10H13NO3/c1-14-8-4-2-3-7(5-8)6-9(11)10(12)13/h2-5,9H,6,11H2,1H3,(H,12,13)/t9-/m0/s1. The van der Waals surface area contributed by atoms with Crippen molar-refractivity contribution in [3.05, 3.63) is 29.8 Å². The van der Waals surface area contributed by atoms with E-state index in [2.05, 4.69) is 0 Å². The van der Waals surface area contributed by atoms with E-state index in [1.54, 1.807) is 19.2 Å². The lowest BCUT2D eigenvalue weighted by molar-refractivity contribution is -0.138. The molecule has 0 saturated carbocycles. The van der Waals surface area contributed by atoms with Crippen LogP contribution in [0.2, 0.25) is 0 Å². The maximum absolute atomic E-state index is 10.5. The highest BCUT2D eigenvalue weighted by Gasteiger charge is 2.11. The third-order valence-electron chi connectivity index (χ3n) is 1.91. The first-order valence-corrected chi connectivity index (χ1v) is 4.25. The van der Waals surface area contributed by atoms with E-state index < -0.39 is 12.0 Å². The molecule has 0 unspecified atom stereocenters. The normalized spacial score (nSPS) is 12.1. The highest BCUT2D eigenvalue weighted by atomic mass is 16.5. The van der Waals surface area contributed by atoms with E-state index >= 15 is 0 Å². The first kappa shape index (κ1) is 10.5. The summed E-state index contributed by atoms with van der Waals surface area (Å²) in [6.45, 7) is 0. The van der Waals surface area contributed by atoms with Gasteiger partial charge >= 0.3 is 5.97 Å². The summed E-state index contributed by atoms with van der Waals surface area (Å²) in [6.07, 6.45) is 0.312. The number of benzene rings is 1. The molecule has 0 radical (unpaired) electrons. The fraction of sp³-hybridized carbons (Fsp3) is 0.300. The maximum atomic E-state index is 10.5. The van der Waals surface area contributed by atoms with E-state index in [4.69, 9.17) is 15.6 Å². The summed E-state index contributed by atoms with van der Waals surface area (Å²) in [5.41, 5.74) is 6.26. The number of aliphatic carboxylic acids is 1. The van der Waals surface area contributed by atoms with Crippen molar-refractivity contribution in [3.63, 3.8) is 0 Å². The van der Waals surface area contributed by atoms with Gasteiger partial charge in [0.15, 0.2) is 0 Å². The number of carbonyl (C=O) groups is 1. The molecule has 1 aromatic rings. The second-order valence-corrected chi connectivity index (χ2v) is 3.00. The molecule has 0 aliphatic heterocycles. The summed E-state index contributed by atoms with van der Waals surface area (Å²) in [5.74, 6) is -0.284. The molecule has 0 saturated heterocycles. The van der Waals surface area contributed by atoms with Gasteiger partial charge in [0.2, 0.25) is 0 Å². The molecule has 76 valence electrons. The van der Waals surface area contributed by atoms with E-state index in [-0.39, 0.29) is 0 Å². The summed E-state index contributed by atoms with van der Waals surface area (Å²) in [4.78, 5) is 10.5. The quantitative estimate of drug-likeness (QED) is 0.739. The Morgan fingerprint density at radius 2 is 2.36 bits per heavy atom. The Morgan fingerprint density at radius 1 is 1.64 bits per heavy atom. The molecule has 0 aliphatic carbocycles. The van der Waals surface area contributed by atoms with E-state index in [1.165, 1.54) is 0 Å². The van der Waals surface area contributed by atoms with Crippen LogP contribution in [-0.2, 0) is 11.2 Å². The third-order valence-corrected chi connectivity index (χ3v) is 1.91. The molecule has 1 rings (SSSR count). The fourth-order valence-corrected chi connectivity index (χ4v) is 1.14. The van der Waals surface area contributed by atoms with Crippen LogP contribution < -0.4 is 10.5 Å². The number of carboxylic acids is 1. The fourth-order valence-electron chi connectivity index (χ4n) is 1.14. The zero-order valence-corrected chi connectivity index (χ0v) is 7.93. The molecule has 0 aromatic heterocycles. The van der Waals surface area contributed by atoms with Crippen LogP contribution in [0.15, 0.2) is 24.3 Å². The van der Waals surface area contributed by atoms with Gasteiger partial charge in [-0.3, -0.25) is 4.79 Å². The minimum atomic E-state index is -0.993. The molecule has 4 heteroatoms. The number of hydrogen-bond acceptors (Lipinski definition) is 3. The second kappa shape index (κ2) is 4.62. The highest BCUT2D eigenvalue weighted by Crippen LogP contribution is 2.13. The largest absolute Gasteiger partial charge is 0.497 e. The van der Waals surface area contributed by atoms with Gasteiger partial charge in [-0.2, -0.15) is 0 Å². The first-order valence-electron chi connectivity index (χ1n) is 4.25. The molecule has 0 spiro atoms. The number of ether oxygens (including phenoxy) is 1. The molecular formula is C10H13NO3. The molecule has 14 heavy (non-hydrogen) atoms. The minimum absolute atomic E-state index is 0.312. The lowest BCUT2D eigenvalue weighted by atomic mass is 10.1. The Morgan fingerprint density at radius 3 is 2.93 bits per heavy atom. The zero-order valence-electron chi connectivity index (χ0n) is 7.93. The SMILES string of the molecule is COc1cccc(C[C@H](N)C(=O)O)c1. The lowest BCUT2D eigenvalue weighted by Crippen LogP contribution is -2.32. The van der Waals surface area contributed by atoms with Gasteiger partial charge in [-0.1, -0.05) is 12.1 Å². The van der Waals surface area contributed by atoms with Gasteiger partial charge in [0.1, 0.15) is 11.8 Å². The van der Waals surface area contributed by atoms with Gasteiger partial charge in [-0.25, -0.2) is 0 Å².